The van der Waals surface area contributed by atoms with Crippen LogP contribution in [0.1, 0.15) is 43.0 Å². The molecule has 1 aliphatic heterocycles. The fraction of sp³-hybridized carbons (Fsp3) is 0.538. The molecule has 1 aromatic rings. The number of imide groups is 1. The van der Waals surface area contributed by atoms with Crippen molar-refractivity contribution in [2.24, 2.45) is 35.5 Å². The third-order valence-corrected chi connectivity index (χ3v) is 7.87. The van der Waals surface area contributed by atoms with Gasteiger partial charge < -0.3 is 9.47 Å². The van der Waals surface area contributed by atoms with Crippen molar-refractivity contribution in [2.75, 3.05) is 13.7 Å². The van der Waals surface area contributed by atoms with Crippen molar-refractivity contribution in [3.63, 3.8) is 0 Å². The number of ether oxygens (including phenoxy) is 2. The van der Waals surface area contributed by atoms with Crippen molar-refractivity contribution < 1.29 is 28.7 Å². The maximum Gasteiger partial charge on any atom is 0.329 e. The number of carbonyl (C=O) groups is 4. The van der Waals surface area contributed by atoms with Crippen LogP contribution in [-0.2, 0) is 19.1 Å². The summed E-state index contributed by atoms with van der Waals surface area (Å²) in [7, 11) is 1.54. The summed E-state index contributed by atoms with van der Waals surface area (Å²) in [6, 6.07) is 5.56. The van der Waals surface area contributed by atoms with Gasteiger partial charge in [0.1, 0.15) is 11.8 Å². The Kier molecular flexibility index (Phi) is 5.59. The van der Waals surface area contributed by atoms with E-state index >= 15 is 0 Å². The molecule has 1 saturated heterocycles. The molecular formula is C26H29NO6. The van der Waals surface area contributed by atoms with Crippen LogP contribution in [0.5, 0.6) is 5.75 Å². The number of hydrogen-bond donors (Lipinski definition) is 0. The quantitative estimate of drug-likeness (QED) is 0.248. The predicted octanol–water partition coefficient (Wildman–Crippen LogP) is 3.03. The number of amides is 2. The van der Waals surface area contributed by atoms with Crippen molar-refractivity contribution in [2.45, 2.75) is 38.6 Å². The molecule has 1 aromatic carbocycles. The fourth-order valence-electron chi connectivity index (χ4n) is 6.13. The highest BCUT2D eigenvalue weighted by atomic mass is 16.5. The summed E-state index contributed by atoms with van der Waals surface area (Å²) in [5, 5.41) is 0. The molecular weight excluding hydrogens is 422 g/mol. The molecule has 3 fully saturated rings. The molecule has 0 spiro atoms. The van der Waals surface area contributed by atoms with Crippen molar-refractivity contribution in [3.05, 3.63) is 42.0 Å². The van der Waals surface area contributed by atoms with Gasteiger partial charge in [0.25, 0.3) is 0 Å². The van der Waals surface area contributed by atoms with Gasteiger partial charge >= 0.3 is 5.97 Å². The van der Waals surface area contributed by atoms with Gasteiger partial charge in [-0.25, -0.2) is 4.79 Å². The number of allylic oxidation sites excluding steroid dienone is 2. The highest BCUT2D eigenvalue weighted by Gasteiger charge is 2.67. The van der Waals surface area contributed by atoms with E-state index in [1.165, 1.54) is 12.0 Å². The molecule has 0 radical (unpaired) electrons. The summed E-state index contributed by atoms with van der Waals surface area (Å²) >= 11 is 0. The summed E-state index contributed by atoms with van der Waals surface area (Å²) in [6.45, 7) is 1.55. The minimum Gasteiger partial charge on any atom is -0.497 e. The van der Waals surface area contributed by atoms with Gasteiger partial charge in [-0.1, -0.05) is 31.9 Å². The molecule has 2 saturated carbocycles. The Morgan fingerprint density at radius 2 is 1.64 bits per heavy atom. The number of ketones is 1. The summed E-state index contributed by atoms with van der Waals surface area (Å²) in [6.07, 6.45) is 7.15. The Hall–Kier alpha value is -2.96. The normalized spacial score (nSPS) is 31.8. The van der Waals surface area contributed by atoms with Gasteiger partial charge in [0, 0.05) is 5.56 Å². The van der Waals surface area contributed by atoms with E-state index in [1.54, 1.807) is 24.3 Å². The zero-order valence-electron chi connectivity index (χ0n) is 18.9. The number of nitrogens with zero attached hydrogens (tertiary/aromatic N) is 1. The van der Waals surface area contributed by atoms with E-state index in [2.05, 4.69) is 12.2 Å². The zero-order chi connectivity index (χ0) is 23.3. The lowest BCUT2D eigenvalue weighted by Crippen LogP contribution is -2.47. The Balaban J connectivity index is 1.30. The zero-order valence-corrected chi connectivity index (χ0v) is 18.9. The van der Waals surface area contributed by atoms with Crippen LogP contribution in [0, 0.1) is 35.5 Å². The van der Waals surface area contributed by atoms with E-state index in [0.717, 1.165) is 12.8 Å². The number of hydrogen-bond acceptors (Lipinski definition) is 6. The maximum absolute atomic E-state index is 13.4. The number of unbranched alkanes of at least 4 members (excludes halogenated alkanes) is 1. The summed E-state index contributed by atoms with van der Waals surface area (Å²) in [5.41, 5.74) is 0.398. The van der Waals surface area contributed by atoms with Crippen molar-refractivity contribution in [1.82, 2.24) is 4.90 Å². The first kappa shape index (κ1) is 21.9. The van der Waals surface area contributed by atoms with E-state index < -0.39 is 18.6 Å². The van der Waals surface area contributed by atoms with Crippen LogP contribution in [0.4, 0.5) is 0 Å². The SMILES string of the molecule is CCCC[C@H](C(=O)OCC(=O)c1ccc(OC)cc1)N1C(=O)[C@H]2[C@@H]3C=C[C@H]([C@H]4C[C@H]34)[C@@H]2C1=O. The van der Waals surface area contributed by atoms with Crippen LogP contribution in [-0.4, -0.2) is 48.2 Å². The molecule has 1 heterocycles. The molecule has 2 amide bonds. The standard InChI is InChI=1S/C26H29NO6/c1-3-4-5-20(26(31)33-13-21(28)14-6-8-15(32-2)9-7-14)27-24(29)22-16-10-11-17(19-12-18(16)19)23(22)25(27)30/h6-11,16-20,22-23H,3-5,12-13H2,1-2H3/t16-,17-,18-,19-,20-,22+,23+/m1/s1. The Morgan fingerprint density at radius 1 is 1.03 bits per heavy atom. The monoisotopic (exact) mass is 451 g/mol. The number of benzene rings is 1. The lowest BCUT2D eigenvalue weighted by Gasteiger charge is -2.37. The van der Waals surface area contributed by atoms with Crippen molar-refractivity contribution in [1.29, 1.82) is 0 Å². The van der Waals surface area contributed by atoms with Gasteiger partial charge in [0.05, 0.1) is 18.9 Å². The predicted molar refractivity (Wildman–Crippen MR) is 118 cm³/mol. The van der Waals surface area contributed by atoms with Crippen LogP contribution < -0.4 is 4.74 Å². The number of likely N-dealkylation sites (tertiary alicyclic amines) is 1. The molecule has 7 atom stereocenters. The smallest absolute Gasteiger partial charge is 0.329 e. The number of rotatable bonds is 9. The van der Waals surface area contributed by atoms with Crippen LogP contribution in [0.25, 0.3) is 0 Å². The van der Waals surface area contributed by atoms with E-state index in [9.17, 15) is 19.2 Å². The average molecular weight is 452 g/mol. The number of methoxy groups -OCH3 is 1. The molecule has 6 rings (SSSR count). The molecule has 0 N–H and O–H groups in total. The molecule has 2 bridgehead atoms. The molecule has 0 unspecified atom stereocenters. The Morgan fingerprint density at radius 3 is 2.18 bits per heavy atom. The molecule has 33 heavy (non-hydrogen) atoms. The van der Waals surface area contributed by atoms with E-state index in [1.807, 2.05) is 6.92 Å². The molecule has 7 nitrogen and oxygen atoms in total. The topological polar surface area (TPSA) is 90.0 Å². The summed E-state index contributed by atoms with van der Waals surface area (Å²) in [5.74, 6) is -0.394. The number of esters is 1. The van der Waals surface area contributed by atoms with Crippen molar-refractivity contribution >= 4 is 23.6 Å². The molecule has 174 valence electrons. The molecule has 0 aromatic heterocycles. The van der Waals surface area contributed by atoms with Gasteiger partial charge in [-0.3, -0.25) is 19.3 Å². The first-order valence-electron chi connectivity index (χ1n) is 11.8. The van der Waals surface area contributed by atoms with E-state index in [-0.39, 0.29) is 41.3 Å². The highest BCUT2D eigenvalue weighted by Crippen LogP contribution is 2.65. The fourth-order valence-corrected chi connectivity index (χ4v) is 6.13. The lowest BCUT2D eigenvalue weighted by molar-refractivity contribution is -0.158. The first-order chi connectivity index (χ1) is 16.0. The van der Waals surface area contributed by atoms with Gasteiger partial charge in [-0.2, -0.15) is 0 Å². The summed E-state index contributed by atoms with van der Waals surface area (Å²) in [4.78, 5) is 53.6. The highest BCUT2D eigenvalue weighted by molar-refractivity contribution is 6.09. The number of carbonyl (C=O) groups excluding carboxylic acids is 4. The second-order valence-corrected chi connectivity index (χ2v) is 9.62. The average Bonchev–Trinajstić information content (AvgIpc) is 3.62. The Bertz CT molecular complexity index is 978. The van der Waals surface area contributed by atoms with Gasteiger partial charge in [0.2, 0.25) is 11.8 Å². The largest absolute Gasteiger partial charge is 0.497 e. The molecule has 7 heteroatoms. The first-order valence-corrected chi connectivity index (χ1v) is 11.8. The van der Waals surface area contributed by atoms with Gasteiger partial charge in [-0.05, 0) is 60.8 Å². The third-order valence-electron chi connectivity index (χ3n) is 7.87. The third kappa shape index (κ3) is 3.58. The maximum atomic E-state index is 13.4. The second kappa shape index (κ2) is 8.43. The van der Waals surface area contributed by atoms with Crippen LogP contribution in [0.15, 0.2) is 36.4 Å². The summed E-state index contributed by atoms with van der Waals surface area (Å²) < 4.78 is 10.4. The van der Waals surface area contributed by atoms with Crippen LogP contribution in [0.3, 0.4) is 0 Å². The van der Waals surface area contributed by atoms with E-state index in [0.29, 0.717) is 36.0 Å². The Labute approximate surface area is 193 Å². The van der Waals surface area contributed by atoms with E-state index in [4.69, 9.17) is 9.47 Å². The van der Waals surface area contributed by atoms with Crippen molar-refractivity contribution in [3.8, 4) is 5.75 Å². The molecule has 4 aliphatic carbocycles. The molecule has 5 aliphatic rings. The van der Waals surface area contributed by atoms with Crippen LogP contribution in [0.2, 0.25) is 0 Å². The minimum atomic E-state index is -0.977. The minimum absolute atomic E-state index is 0.103. The van der Waals surface area contributed by atoms with Gasteiger partial charge in [0.15, 0.2) is 12.4 Å². The second-order valence-electron chi connectivity index (χ2n) is 9.62. The lowest BCUT2D eigenvalue weighted by atomic mass is 9.63. The van der Waals surface area contributed by atoms with Crippen LogP contribution >= 0.6 is 0 Å². The van der Waals surface area contributed by atoms with Gasteiger partial charge in [-0.15, -0.1) is 0 Å². The number of Topliss-reactive ketones (excluding diaryl/α,β-unsaturated/α-hetero) is 1.